The summed E-state index contributed by atoms with van der Waals surface area (Å²) >= 11 is 12.1. The predicted molar refractivity (Wildman–Crippen MR) is 80.5 cm³/mol. The molecule has 1 aromatic heterocycles. The van der Waals surface area contributed by atoms with E-state index in [9.17, 15) is 0 Å². The number of fused-ring (bicyclic) bond motifs is 1. The smallest absolute Gasteiger partial charge is 0.115 e. The molecule has 19 heavy (non-hydrogen) atoms. The standard InChI is InChI=1S/C15H12Cl2N2/c16-10-9-14-18-15-12(17)7-4-8-13(15)19(14)11-5-2-1-3-6-11/h1-8H,9-10H2. The number of aryl methyl sites for hydroxylation is 1. The lowest BCUT2D eigenvalue weighted by Crippen LogP contribution is -2.01. The first-order valence-electron chi connectivity index (χ1n) is 6.08. The average molecular weight is 291 g/mol. The number of halogens is 2. The third-order valence-electron chi connectivity index (χ3n) is 3.04. The summed E-state index contributed by atoms with van der Waals surface area (Å²) in [7, 11) is 0. The van der Waals surface area contributed by atoms with E-state index in [0.29, 0.717) is 17.3 Å². The Morgan fingerprint density at radius 1 is 1.00 bits per heavy atom. The van der Waals surface area contributed by atoms with Crippen LogP contribution in [0.25, 0.3) is 16.7 Å². The first kappa shape index (κ1) is 12.5. The normalized spacial score (nSPS) is 11.1. The highest BCUT2D eigenvalue weighted by molar-refractivity contribution is 6.35. The van der Waals surface area contributed by atoms with Gasteiger partial charge in [-0.2, -0.15) is 0 Å². The molecule has 0 amide bonds. The Morgan fingerprint density at radius 2 is 1.79 bits per heavy atom. The van der Waals surface area contributed by atoms with Crippen LogP contribution in [0.15, 0.2) is 48.5 Å². The Morgan fingerprint density at radius 3 is 2.53 bits per heavy atom. The largest absolute Gasteiger partial charge is 0.296 e. The number of nitrogens with zero attached hydrogens (tertiary/aromatic N) is 2. The second-order valence-corrected chi connectivity index (χ2v) is 5.03. The number of aromatic nitrogens is 2. The zero-order valence-electron chi connectivity index (χ0n) is 10.2. The Hall–Kier alpha value is -1.51. The minimum atomic E-state index is 0.535. The highest BCUT2D eigenvalue weighted by Crippen LogP contribution is 2.27. The van der Waals surface area contributed by atoms with Crippen LogP contribution in [0.2, 0.25) is 5.02 Å². The Labute approximate surface area is 121 Å². The predicted octanol–water partition coefficient (Wildman–Crippen LogP) is 4.46. The summed E-state index contributed by atoms with van der Waals surface area (Å²) in [4.78, 5) is 4.62. The number of hydrogen-bond acceptors (Lipinski definition) is 1. The molecular weight excluding hydrogens is 279 g/mol. The van der Waals surface area contributed by atoms with E-state index in [1.54, 1.807) is 0 Å². The van der Waals surface area contributed by atoms with Crippen LogP contribution in [0.5, 0.6) is 0 Å². The fraction of sp³-hybridized carbons (Fsp3) is 0.133. The molecule has 4 heteroatoms. The molecule has 0 saturated heterocycles. The van der Waals surface area contributed by atoms with Crippen LogP contribution in [-0.4, -0.2) is 15.4 Å². The van der Waals surface area contributed by atoms with Gasteiger partial charge in [0.15, 0.2) is 0 Å². The maximum Gasteiger partial charge on any atom is 0.115 e. The van der Waals surface area contributed by atoms with Crippen molar-refractivity contribution in [3.05, 3.63) is 59.4 Å². The number of para-hydroxylation sites is 2. The maximum atomic E-state index is 6.22. The molecule has 0 spiro atoms. The van der Waals surface area contributed by atoms with Gasteiger partial charge in [-0.25, -0.2) is 4.98 Å². The molecule has 96 valence electrons. The summed E-state index contributed by atoms with van der Waals surface area (Å²) in [5, 5.41) is 0.669. The molecule has 3 aromatic rings. The van der Waals surface area contributed by atoms with Crippen LogP contribution in [0.3, 0.4) is 0 Å². The number of benzene rings is 2. The molecular formula is C15H12Cl2N2. The molecule has 2 aromatic carbocycles. The van der Waals surface area contributed by atoms with Gasteiger partial charge in [-0.3, -0.25) is 4.57 Å². The monoisotopic (exact) mass is 290 g/mol. The van der Waals surface area contributed by atoms with Crippen LogP contribution in [-0.2, 0) is 6.42 Å². The lowest BCUT2D eigenvalue weighted by molar-refractivity contribution is 0.912. The summed E-state index contributed by atoms with van der Waals surface area (Å²) in [6, 6.07) is 16.0. The molecule has 0 atom stereocenters. The van der Waals surface area contributed by atoms with Crippen LogP contribution in [0, 0.1) is 0 Å². The van der Waals surface area contributed by atoms with Crippen molar-refractivity contribution in [1.82, 2.24) is 9.55 Å². The molecule has 3 rings (SSSR count). The van der Waals surface area contributed by atoms with E-state index in [1.165, 1.54) is 0 Å². The molecule has 0 saturated carbocycles. The summed E-state index contributed by atoms with van der Waals surface area (Å²) in [6.45, 7) is 0. The number of alkyl halides is 1. The lowest BCUT2D eigenvalue weighted by atomic mass is 10.2. The third kappa shape index (κ3) is 2.22. The molecule has 0 aliphatic heterocycles. The molecule has 0 N–H and O–H groups in total. The van der Waals surface area contributed by atoms with E-state index < -0.39 is 0 Å². The number of imidazole rings is 1. The summed E-state index contributed by atoms with van der Waals surface area (Å²) in [5.41, 5.74) is 2.92. The Bertz CT molecular complexity index is 705. The fourth-order valence-corrected chi connectivity index (χ4v) is 2.61. The van der Waals surface area contributed by atoms with Gasteiger partial charge in [-0.1, -0.05) is 35.9 Å². The minimum absolute atomic E-state index is 0.535. The number of hydrogen-bond donors (Lipinski definition) is 0. The zero-order valence-corrected chi connectivity index (χ0v) is 11.7. The molecule has 0 fully saturated rings. The van der Waals surface area contributed by atoms with E-state index >= 15 is 0 Å². The van der Waals surface area contributed by atoms with E-state index in [0.717, 1.165) is 22.5 Å². The van der Waals surface area contributed by atoms with Gasteiger partial charge in [0.2, 0.25) is 0 Å². The topological polar surface area (TPSA) is 17.8 Å². The average Bonchev–Trinajstić information content (AvgIpc) is 2.80. The van der Waals surface area contributed by atoms with Gasteiger partial charge in [0, 0.05) is 18.0 Å². The van der Waals surface area contributed by atoms with Crippen LogP contribution in [0.4, 0.5) is 0 Å². The van der Waals surface area contributed by atoms with Crippen molar-refractivity contribution in [2.75, 3.05) is 5.88 Å². The minimum Gasteiger partial charge on any atom is -0.296 e. The molecule has 1 heterocycles. The van der Waals surface area contributed by atoms with Gasteiger partial charge in [0.1, 0.15) is 11.3 Å². The van der Waals surface area contributed by atoms with Crippen molar-refractivity contribution >= 4 is 34.2 Å². The van der Waals surface area contributed by atoms with Crippen LogP contribution >= 0.6 is 23.2 Å². The van der Waals surface area contributed by atoms with Gasteiger partial charge < -0.3 is 0 Å². The number of rotatable bonds is 3. The summed E-state index contributed by atoms with van der Waals surface area (Å²) in [6.07, 6.45) is 0.710. The van der Waals surface area contributed by atoms with Crippen molar-refractivity contribution in [2.45, 2.75) is 6.42 Å². The summed E-state index contributed by atoms with van der Waals surface area (Å²) in [5.74, 6) is 1.47. The SMILES string of the molecule is ClCCc1nc2c(Cl)cccc2n1-c1ccccc1. The first-order chi connectivity index (χ1) is 9.31. The Balaban J connectivity index is 2.32. The molecule has 2 nitrogen and oxygen atoms in total. The highest BCUT2D eigenvalue weighted by Gasteiger charge is 2.13. The van der Waals surface area contributed by atoms with Crippen LogP contribution < -0.4 is 0 Å². The van der Waals surface area contributed by atoms with Gasteiger partial charge in [-0.15, -0.1) is 11.6 Å². The van der Waals surface area contributed by atoms with E-state index in [2.05, 4.69) is 21.7 Å². The fourth-order valence-electron chi connectivity index (χ4n) is 2.23. The molecule has 0 bridgehead atoms. The molecule has 0 aliphatic carbocycles. The van der Waals surface area contributed by atoms with Gasteiger partial charge in [0.25, 0.3) is 0 Å². The third-order valence-corrected chi connectivity index (χ3v) is 3.53. The highest BCUT2D eigenvalue weighted by atomic mass is 35.5. The molecule has 0 radical (unpaired) electrons. The van der Waals surface area contributed by atoms with E-state index in [1.807, 2.05) is 36.4 Å². The van der Waals surface area contributed by atoms with Crippen molar-refractivity contribution in [3.63, 3.8) is 0 Å². The van der Waals surface area contributed by atoms with Crippen molar-refractivity contribution in [1.29, 1.82) is 0 Å². The zero-order chi connectivity index (χ0) is 13.2. The van der Waals surface area contributed by atoms with Crippen LogP contribution in [0.1, 0.15) is 5.82 Å². The maximum absolute atomic E-state index is 6.22. The molecule has 0 aliphatic rings. The second-order valence-electron chi connectivity index (χ2n) is 4.25. The van der Waals surface area contributed by atoms with E-state index in [4.69, 9.17) is 23.2 Å². The molecule has 0 unspecified atom stereocenters. The quantitative estimate of drug-likeness (QED) is 0.651. The van der Waals surface area contributed by atoms with Gasteiger partial charge >= 0.3 is 0 Å². The second kappa shape index (κ2) is 5.24. The van der Waals surface area contributed by atoms with Crippen molar-refractivity contribution in [3.8, 4) is 5.69 Å². The lowest BCUT2D eigenvalue weighted by Gasteiger charge is -2.08. The van der Waals surface area contributed by atoms with Crippen molar-refractivity contribution < 1.29 is 0 Å². The van der Waals surface area contributed by atoms with Gasteiger partial charge in [-0.05, 0) is 24.3 Å². The van der Waals surface area contributed by atoms with Crippen molar-refractivity contribution in [2.24, 2.45) is 0 Å². The first-order valence-corrected chi connectivity index (χ1v) is 7.00. The van der Waals surface area contributed by atoms with E-state index in [-0.39, 0.29) is 0 Å². The van der Waals surface area contributed by atoms with Gasteiger partial charge in [0.05, 0.1) is 10.5 Å². The Kier molecular flexibility index (Phi) is 3.45. The summed E-state index contributed by atoms with van der Waals surface area (Å²) < 4.78 is 2.11.